The lowest BCUT2D eigenvalue weighted by Gasteiger charge is -2.40. The molecule has 0 fully saturated rings. The predicted molar refractivity (Wildman–Crippen MR) is 280 cm³/mol. The van der Waals surface area contributed by atoms with E-state index < -0.39 is 29.5 Å². The number of hydrogen-bond acceptors (Lipinski definition) is 5. The molecule has 3 atom stereocenters. The molecule has 0 aromatic heterocycles. The molecule has 0 saturated heterocycles. The summed E-state index contributed by atoms with van der Waals surface area (Å²) in [7, 11) is 0. The first-order valence-corrected chi connectivity index (χ1v) is 24.3. The Labute approximate surface area is 413 Å². The van der Waals surface area contributed by atoms with Gasteiger partial charge in [0.25, 0.3) is 0 Å². The minimum absolute atomic E-state index is 0.152. The van der Waals surface area contributed by atoms with Gasteiger partial charge >= 0.3 is 0 Å². The Hall–Kier alpha value is -7.22. The molecule has 0 aliphatic heterocycles. The molecule has 9 aromatic carbocycles. The molecule has 5 nitrogen and oxygen atoms in total. The Balaban J connectivity index is 1.15. The highest BCUT2D eigenvalue weighted by atomic mass is 16.6. The molecular formula is C65H60O5. The van der Waals surface area contributed by atoms with E-state index in [1.165, 1.54) is 0 Å². The molecule has 3 unspecified atom stereocenters. The van der Waals surface area contributed by atoms with Crippen LogP contribution in [0.1, 0.15) is 56.5 Å². The Morgan fingerprint density at radius 3 is 0.843 bits per heavy atom. The predicted octanol–water partition coefficient (Wildman–Crippen LogP) is 14.2. The van der Waals surface area contributed by atoms with Crippen LogP contribution in [-0.2, 0) is 54.7 Å². The molecule has 0 heterocycles. The normalized spacial score (nSPS) is 13.0. The summed E-state index contributed by atoms with van der Waals surface area (Å²) in [5, 5.41) is 0. The van der Waals surface area contributed by atoms with E-state index in [0.29, 0.717) is 32.8 Å². The summed E-state index contributed by atoms with van der Waals surface area (Å²) in [4.78, 5) is 0. The van der Waals surface area contributed by atoms with E-state index in [1.807, 2.05) is 91.0 Å². The second-order valence-corrected chi connectivity index (χ2v) is 17.4. The van der Waals surface area contributed by atoms with Crippen molar-refractivity contribution in [1.29, 1.82) is 0 Å². The van der Waals surface area contributed by atoms with Crippen LogP contribution >= 0.6 is 0 Å². The molecule has 5 heteroatoms. The number of hydrogen-bond donors (Lipinski definition) is 0. The standard InChI is InChI=1S/C65H60O5/c1-10-28-52(29-11-1)48-66-61(46-47-69-64(55-34-16-4-17-35-55,56-36-18-5-19-37-56)57-38-20-6-21-39-57)63(68-50-54-32-14-3-15-33-54)62(67-49-53-30-12-2-13-31-53)51-70-65(58-40-22-7-23-41-58,59-42-24-8-25-43-59)60-44-26-9-27-45-60/h1-45,61-63H,46-51H2. The smallest absolute Gasteiger partial charge is 0.143 e. The first-order valence-electron chi connectivity index (χ1n) is 24.3. The molecule has 0 aliphatic rings. The summed E-state index contributed by atoms with van der Waals surface area (Å²) in [6, 6.07) is 93.8. The number of rotatable bonds is 24. The van der Waals surface area contributed by atoms with E-state index in [9.17, 15) is 0 Å². The average molecular weight is 921 g/mol. The summed E-state index contributed by atoms with van der Waals surface area (Å²) in [6.07, 6.45) is -1.35. The van der Waals surface area contributed by atoms with Crippen LogP contribution < -0.4 is 0 Å². The number of benzene rings is 9. The van der Waals surface area contributed by atoms with Crippen molar-refractivity contribution in [2.45, 2.75) is 55.8 Å². The third-order valence-electron chi connectivity index (χ3n) is 12.9. The number of ether oxygens (including phenoxy) is 5. The quantitative estimate of drug-likeness (QED) is 0.0565. The third-order valence-corrected chi connectivity index (χ3v) is 12.9. The van der Waals surface area contributed by atoms with Crippen LogP contribution in [0.25, 0.3) is 0 Å². The van der Waals surface area contributed by atoms with Crippen molar-refractivity contribution >= 4 is 0 Å². The van der Waals surface area contributed by atoms with E-state index in [4.69, 9.17) is 23.7 Å². The van der Waals surface area contributed by atoms with E-state index in [1.54, 1.807) is 0 Å². The fraction of sp³-hybridized carbons (Fsp3) is 0.169. The first-order chi connectivity index (χ1) is 34.7. The zero-order chi connectivity index (χ0) is 47.5. The second-order valence-electron chi connectivity index (χ2n) is 17.4. The van der Waals surface area contributed by atoms with Crippen LogP contribution in [0.2, 0.25) is 0 Å². The summed E-state index contributed by atoms with van der Waals surface area (Å²) < 4.78 is 36.7. The van der Waals surface area contributed by atoms with Gasteiger partial charge in [-0.25, -0.2) is 0 Å². The van der Waals surface area contributed by atoms with Crippen LogP contribution in [0.15, 0.2) is 273 Å². The lowest BCUT2D eigenvalue weighted by molar-refractivity contribution is -0.181. The highest BCUT2D eigenvalue weighted by Crippen LogP contribution is 2.43. The fourth-order valence-electron chi connectivity index (χ4n) is 9.43. The molecule has 0 bridgehead atoms. The van der Waals surface area contributed by atoms with Gasteiger partial charge < -0.3 is 23.7 Å². The van der Waals surface area contributed by atoms with Crippen molar-refractivity contribution in [3.63, 3.8) is 0 Å². The van der Waals surface area contributed by atoms with Gasteiger partial charge in [-0.2, -0.15) is 0 Å². The molecule has 9 rings (SSSR count). The highest BCUT2D eigenvalue weighted by Gasteiger charge is 2.42. The Morgan fingerprint density at radius 2 is 0.529 bits per heavy atom. The lowest BCUT2D eigenvalue weighted by Crippen LogP contribution is -2.47. The highest BCUT2D eigenvalue weighted by molar-refractivity contribution is 5.49. The fourth-order valence-corrected chi connectivity index (χ4v) is 9.43. The van der Waals surface area contributed by atoms with Gasteiger partial charge in [0, 0.05) is 0 Å². The topological polar surface area (TPSA) is 46.2 Å². The van der Waals surface area contributed by atoms with E-state index in [0.717, 1.165) is 50.1 Å². The molecular weight excluding hydrogens is 861 g/mol. The van der Waals surface area contributed by atoms with Crippen molar-refractivity contribution in [2.75, 3.05) is 13.2 Å². The van der Waals surface area contributed by atoms with Gasteiger partial charge in [-0.15, -0.1) is 0 Å². The average Bonchev–Trinajstić information content (AvgIpc) is 3.45. The van der Waals surface area contributed by atoms with E-state index in [-0.39, 0.29) is 6.61 Å². The molecule has 0 amide bonds. The van der Waals surface area contributed by atoms with Gasteiger partial charge in [0.05, 0.1) is 39.1 Å². The summed E-state index contributed by atoms with van der Waals surface area (Å²) in [5.74, 6) is 0. The van der Waals surface area contributed by atoms with E-state index in [2.05, 4.69) is 182 Å². The minimum Gasteiger partial charge on any atom is -0.371 e. The van der Waals surface area contributed by atoms with Crippen molar-refractivity contribution in [1.82, 2.24) is 0 Å². The third kappa shape index (κ3) is 11.6. The molecule has 0 N–H and O–H groups in total. The zero-order valence-corrected chi connectivity index (χ0v) is 39.5. The molecule has 0 spiro atoms. The monoisotopic (exact) mass is 920 g/mol. The van der Waals surface area contributed by atoms with Crippen molar-refractivity contribution in [2.24, 2.45) is 0 Å². The van der Waals surface area contributed by atoms with Gasteiger partial charge in [0.1, 0.15) is 23.4 Å². The lowest BCUT2D eigenvalue weighted by atomic mass is 9.80. The van der Waals surface area contributed by atoms with Crippen LogP contribution in [0.4, 0.5) is 0 Å². The van der Waals surface area contributed by atoms with Crippen molar-refractivity contribution in [3.8, 4) is 0 Å². The van der Waals surface area contributed by atoms with Crippen molar-refractivity contribution in [3.05, 3.63) is 323 Å². The van der Waals surface area contributed by atoms with Crippen LogP contribution in [-0.4, -0.2) is 31.5 Å². The van der Waals surface area contributed by atoms with Gasteiger partial charge in [-0.05, 0) is 56.5 Å². The molecule has 0 aliphatic carbocycles. The van der Waals surface area contributed by atoms with E-state index >= 15 is 0 Å². The maximum atomic E-state index is 7.62. The maximum Gasteiger partial charge on any atom is 0.143 e. The van der Waals surface area contributed by atoms with Gasteiger partial charge in [-0.3, -0.25) is 0 Å². The summed E-state index contributed by atoms with van der Waals surface area (Å²) in [5.41, 5.74) is 7.29. The Morgan fingerprint density at radius 1 is 0.271 bits per heavy atom. The molecule has 9 aromatic rings. The first kappa shape index (κ1) is 47.8. The van der Waals surface area contributed by atoms with Gasteiger partial charge in [0.15, 0.2) is 0 Å². The molecule has 70 heavy (non-hydrogen) atoms. The SMILES string of the molecule is c1ccc(COC(CCOC(c2ccccc2)(c2ccccc2)c2ccccc2)C(OCc2ccccc2)C(COC(c2ccccc2)(c2ccccc2)c2ccccc2)OCc2ccccc2)cc1. The zero-order valence-electron chi connectivity index (χ0n) is 39.5. The van der Waals surface area contributed by atoms with Crippen LogP contribution in [0.5, 0.6) is 0 Å². The van der Waals surface area contributed by atoms with Gasteiger partial charge in [-0.1, -0.05) is 273 Å². The molecule has 350 valence electrons. The minimum atomic E-state index is -1.01. The Bertz CT molecular complexity index is 2640. The molecule has 0 radical (unpaired) electrons. The second kappa shape index (κ2) is 24.4. The van der Waals surface area contributed by atoms with Crippen LogP contribution in [0, 0.1) is 0 Å². The largest absolute Gasteiger partial charge is 0.371 e. The van der Waals surface area contributed by atoms with Gasteiger partial charge in [0.2, 0.25) is 0 Å². The Kier molecular flexibility index (Phi) is 16.6. The van der Waals surface area contributed by atoms with Crippen molar-refractivity contribution < 1.29 is 23.7 Å². The summed E-state index contributed by atoms with van der Waals surface area (Å²) >= 11 is 0. The molecule has 0 saturated carbocycles. The van der Waals surface area contributed by atoms with Crippen LogP contribution in [0.3, 0.4) is 0 Å². The summed E-state index contributed by atoms with van der Waals surface area (Å²) in [6.45, 7) is 1.48. The maximum absolute atomic E-state index is 7.62.